The van der Waals surface area contributed by atoms with Crippen molar-refractivity contribution in [1.29, 1.82) is 0 Å². The Hall–Kier alpha value is -1.27. The van der Waals surface area contributed by atoms with Crippen LogP contribution in [0.5, 0.6) is 0 Å². The summed E-state index contributed by atoms with van der Waals surface area (Å²) in [6, 6.07) is 3.18. The monoisotopic (exact) mass is 298 g/mol. The normalized spacial score (nSPS) is 10.8. The highest BCUT2D eigenvalue weighted by Crippen LogP contribution is 2.23. The molecule has 0 saturated carbocycles. The number of benzene rings is 1. The average Bonchev–Trinajstić information content (AvgIpc) is 2.72. The first-order valence-corrected chi connectivity index (χ1v) is 5.93. The van der Waals surface area contributed by atoms with Crippen LogP contribution in [0.15, 0.2) is 22.8 Å². The van der Waals surface area contributed by atoms with Crippen molar-refractivity contribution in [3.63, 3.8) is 0 Å². The molecule has 6 heteroatoms. The van der Waals surface area contributed by atoms with Crippen LogP contribution in [0.4, 0.5) is 4.39 Å². The molecule has 1 heterocycles. The zero-order valence-corrected chi connectivity index (χ0v) is 11.1. The second-order valence-corrected chi connectivity index (χ2v) is 4.57. The summed E-state index contributed by atoms with van der Waals surface area (Å²) in [5, 5.41) is 10.9. The standard InChI is InChI=1S/C11H12BrFN4/c1-7-3-9(12)10(13)4-11(7)17-8(5-14-2)6-15-16-17/h3-4,6,14H,5H2,1-2H3. The van der Waals surface area contributed by atoms with E-state index in [2.05, 4.69) is 31.6 Å². The van der Waals surface area contributed by atoms with Gasteiger partial charge in [-0.3, -0.25) is 0 Å². The molecule has 1 aromatic heterocycles. The van der Waals surface area contributed by atoms with Gasteiger partial charge in [0.1, 0.15) is 5.82 Å². The molecule has 0 radical (unpaired) electrons. The van der Waals surface area contributed by atoms with Crippen LogP contribution in [0.1, 0.15) is 11.3 Å². The minimum absolute atomic E-state index is 0.309. The van der Waals surface area contributed by atoms with Crippen LogP contribution in [0.2, 0.25) is 0 Å². The fourth-order valence-electron chi connectivity index (χ4n) is 1.62. The molecule has 2 rings (SSSR count). The van der Waals surface area contributed by atoms with E-state index in [0.29, 0.717) is 16.7 Å². The number of hydrogen-bond donors (Lipinski definition) is 1. The molecule has 0 aliphatic carbocycles. The Morgan fingerprint density at radius 1 is 1.47 bits per heavy atom. The number of nitrogens with zero attached hydrogens (tertiary/aromatic N) is 3. The van der Waals surface area contributed by atoms with Gasteiger partial charge in [-0.15, -0.1) is 5.10 Å². The lowest BCUT2D eigenvalue weighted by Crippen LogP contribution is -2.12. The van der Waals surface area contributed by atoms with Crippen LogP contribution in [0.3, 0.4) is 0 Å². The third-order valence-electron chi connectivity index (χ3n) is 2.44. The number of halogens is 2. The first-order valence-electron chi connectivity index (χ1n) is 5.13. The quantitative estimate of drug-likeness (QED) is 0.945. The summed E-state index contributed by atoms with van der Waals surface area (Å²) in [7, 11) is 1.84. The highest BCUT2D eigenvalue weighted by molar-refractivity contribution is 9.10. The van der Waals surface area contributed by atoms with Gasteiger partial charge < -0.3 is 5.32 Å². The lowest BCUT2D eigenvalue weighted by atomic mass is 10.2. The molecular weight excluding hydrogens is 287 g/mol. The van der Waals surface area contributed by atoms with E-state index in [4.69, 9.17) is 0 Å². The molecular formula is C11H12BrFN4. The molecule has 90 valence electrons. The molecule has 0 aliphatic heterocycles. The van der Waals surface area contributed by atoms with Crippen LogP contribution < -0.4 is 5.32 Å². The van der Waals surface area contributed by atoms with Crippen LogP contribution in [-0.2, 0) is 6.54 Å². The topological polar surface area (TPSA) is 42.7 Å². The first-order chi connectivity index (χ1) is 8.13. The Labute approximate surface area is 107 Å². The van der Waals surface area contributed by atoms with Gasteiger partial charge in [0.05, 0.1) is 22.1 Å². The fraction of sp³-hybridized carbons (Fsp3) is 0.273. The van der Waals surface area contributed by atoms with Gasteiger partial charge in [-0.1, -0.05) is 5.21 Å². The molecule has 0 bridgehead atoms. The van der Waals surface area contributed by atoms with Crippen molar-refractivity contribution >= 4 is 15.9 Å². The van der Waals surface area contributed by atoms with Crippen molar-refractivity contribution in [2.24, 2.45) is 0 Å². The largest absolute Gasteiger partial charge is 0.314 e. The lowest BCUT2D eigenvalue weighted by molar-refractivity contribution is 0.615. The summed E-state index contributed by atoms with van der Waals surface area (Å²) >= 11 is 3.16. The van der Waals surface area contributed by atoms with E-state index in [0.717, 1.165) is 11.3 Å². The Morgan fingerprint density at radius 3 is 2.94 bits per heavy atom. The highest BCUT2D eigenvalue weighted by atomic mass is 79.9. The number of aromatic nitrogens is 3. The van der Waals surface area contributed by atoms with Crippen molar-refractivity contribution in [2.75, 3.05) is 7.05 Å². The molecule has 0 atom stereocenters. The van der Waals surface area contributed by atoms with Crippen molar-refractivity contribution < 1.29 is 4.39 Å². The summed E-state index contributed by atoms with van der Waals surface area (Å²) in [6.45, 7) is 2.54. The molecule has 4 nitrogen and oxygen atoms in total. The first kappa shape index (κ1) is 12.2. The molecule has 2 aromatic rings. The van der Waals surface area contributed by atoms with E-state index in [1.165, 1.54) is 6.07 Å². The van der Waals surface area contributed by atoms with Gasteiger partial charge in [-0.05, 0) is 41.5 Å². The van der Waals surface area contributed by atoms with E-state index in [1.54, 1.807) is 16.9 Å². The number of aryl methyl sites for hydroxylation is 1. The maximum absolute atomic E-state index is 13.5. The minimum Gasteiger partial charge on any atom is -0.314 e. The summed E-state index contributed by atoms with van der Waals surface area (Å²) in [4.78, 5) is 0. The molecule has 0 aliphatic rings. The van der Waals surface area contributed by atoms with Crippen LogP contribution in [0.25, 0.3) is 5.69 Å². The van der Waals surface area contributed by atoms with E-state index < -0.39 is 0 Å². The van der Waals surface area contributed by atoms with E-state index in [-0.39, 0.29) is 5.82 Å². The Kier molecular flexibility index (Phi) is 3.54. The van der Waals surface area contributed by atoms with Gasteiger partial charge in [-0.25, -0.2) is 9.07 Å². The van der Waals surface area contributed by atoms with Gasteiger partial charge in [0, 0.05) is 12.6 Å². The Morgan fingerprint density at radius 2 is 2.24 bits per heavy atom. The molecule has 1 aromatic carbocycles. The van der Waals surface area contributed by atoms with Gasteiger partial charge >= 0.3 is 0 Å². The number of nitrogens with one attached hydrogen (secondary N) is 1. The highest BCUT2D eigenvalue weighted by Gasteiger charge is 2.11. The van der Waals surface area contributed by atoms with Gasteiger partial charge in [0.2, 0.25) is 0 Å². The van der Waals surface area contributed by atoms with E-state index in [9.17, 15) is 4.39 Å². The van der Waals surface area contributed by atoms with E-state index in [1.807, 2.05) is 14.0 Å². The van der Waals surface area contributed by atoms with Crippen molar-refractivity contribution in [3.8, 4) is 5.69 Å². The van der Waals surface area contributed by atoms with Crippen molar-refractivity contribution in [1.82, 2.24) is 20.3 Å². The predicted molar refractivity (Wildman–Crippen MR) is 66.5 cm³/mol. The van der Waals surface area contributed by atoms with Gasteiger partial charge in [0.25, 0.3) is 0 Å². The summed E-state index contributed by atoms with van der Waals surface area (Å²) in [5.74, 6) is -0.309. The predicted octanol–water partition coefficient (Wildman–Crippen LogP) is 2.20. The minimum atomic E-state index is -0.309. The average molecular weight is 299 g/mol. The molecule has 0 saturated heterocycles. The van der Waals surface area contributed by atoms with Gasteiger partial charge in [0.15, 0.2) is 0 Å². The van der Waals surface area contributed by atoms with E-state index >= 15 is 0 Å². The Balaban J connectivity index is 2.52. The molecule has 0 spiro atoms. The van der Waals surface area contributed by atoms with Crippen molar-refractivity contribution in [2.45, 2.75) is 13.5 Å². The second-order valence-electron chi connectivity index (χ2n) is 3.72. The van der Waals surface area contributed by atoms with Crippen molar-refractivity contribution in [3.05, 3.63) is 39.9 Å². The zero-order valence-electron chi connectivity index (χ0n) is 9.54. The summed E-state index contributed by atoms with van der Waals surface area (Å²) in [6.07, 6.45) is 1.66. The fourth-order valence-corrected chi connectivity index (χ4v) is 2.08. The van der Waals surface area contributed by atoms with Crippen LogP contribution in [-0.4, -0.2) is 22.0 Å². The molecule has 0 amide bonds. The summed E-state index contributed by atoms with van der Waals surface area (Å²) in [5.41, 5.74) is 2.52. The maximum atomic E-state index is 13.5. The lowest BCUT2D eigenvalue weighted by Gasteiger charge is -2.09. The van der Waals surface area contributed by atoms with Crippen LogP contribution in [0, 0.1) is 12.7 Å². The molecule has 17 heavy (non-hydrogen) atoms. The number of rotatable bonds is 3. The zero-order chi connectivity index (χ0) is 12.4. The maximum Gasteiger partial charge on any atom is 0.139 e. The van der Waals surface area contributed by atoms with Gasteiger partial charge in [-0.2, -0.15) is 0 Å². The third-order valence-corrected chi connectivity index (χ3v) is 3.05. The molecule has 0 fully saturated rings. The SMILES string of the molecule is CNCc1cnnn1-c1cc(F)c(Br)cc1C. The Bertz CT molecular complexity index is 538. The number of hydrogen-bond acceptors (Lipinski definition) is 3. The smallest absolute Gasteiger partial charge is 0.139 e. The molecule has 0 unspecified atom stereocenters. The third kappa shape index (κ3) is 2.37. The summed E-state index contributed by atoms with van der Waals surface area (Å²) < 4.78 is 15.6. The molecule has 1 N–H and O–H groups in total. The van der Waals surface area contributed by atoms with Crippen LogP contribution >= 0.6 is 15.9 Å². The second kappa shape index (κ2) is 4.93.